The largest absolute Gasteiger partial charge is 0.254 e. The van der Waals surface area contributed by atoms with E-state index in [-0.39, 0.29) is 0 Å². The van der Waals surface area contributed by atoms with Gasteiger partial charge in [-0.3, -0.25) is 4.98 Å². The lowest BCUT2D eigenvalue weighted by Gasteiger charge is -2.11. The van der Waals surface area contributed by atoms with Crippen molar-refractivity contribution >= 4 is 76.8 Å². The molecule has 4 aromatic heterocycles. The highest BCUT2D eigenvalue weighted by Gasteiger charge is 2.13. The van der Waals surface area contributed by atoms with Crippen molar-refractivity contribution in [2.24, 2.45) is 0 Å². The van der Waals surface area contributed by atoms with Crippen LogP contribution in [0.4, 0.5) is 0 Å². The third-order valence-electron chi connectivity index (χ3n) is 8.17. The number of pyridine rings is 2. The van der Waals surface area contributed by atoms with E-state index in [9.17, 15) is 0 Å². The Morgan fingerprint density at radius 1 is 0.405 bits per heavy atom. The van der Waals surface area contributed by atoms with E-state index >= 15 is 0 Å². The van der Waals surface area contributed by atoms with Crippen molar-refractivity contribution in [3.8, 4) is 30.8 Å². The van der Waals surface area contributed by atoms with Crippen molar-refractivity contribution in [1.82, 2.24) is 9.97 Å². The Bertz CT molecular complexity index is 2450. The highest BCUT2D eigenvalue weighted by atomic mass is 32.1. The molecule has 196 valence electrons. The van der Waals surface area contributed by atoms with Crippen molar-refractivity contribution in [3.05, 3.63) is 134 Å². The van der Waals surface area contributed by atoms with E-state index in [2.05, 4.69) is 126 Å². The van der Waals surface area contributed by atoms with Crippen LogP contribution in [0.15, 0.2) is 134 Å². The van der Waals surface area contributed by atoms with Crippen LogP contribution >= 0.6 is 22.7 Å². The van der Waals surface area contributed by atoms with E-state index in [0.717, 1.165) is 27.5 Å². The Morgan fingerprint density at radius 3 is 1.71 bits per heavy atom. The monoisotopic (exact) mass is 570 g/mol. The summed E-state index contributed by atoms with van der Waals surface area (Å²) in [6.45, 7) is 0. The molecule has 0 bridgehead atoms. The van der Waals surface area contributed by atoms with Crippen LogP contribution in [0.25, 0.3) is 84.9 Å². The fraction of sp³-hybridized carbons (Fsp3) is 0. The second-order valence-electron chi connectivity index (χ2n) is 10.6. The molecule has 9 aromatic rings. The Labute approximate surface area is 250 Å². The third-order valence-corrected chi connectivity index (χ3v) is 10.6. The minimum absolute atomic E-state index is 0.952. The zero-order valence-electron chi connectivity index (χ0n) is 22.4. The van der Waals surface area contributed by atoms with Gasteiger partial charge in [0.1, 0.15) is 0 Å². The van der Waals surface area contributed by atoms with Crippen molar-refractivity contribution in [2.75, 3.05) is 0 Å². The van der Waals surface area contributed by atoms with Gasteiger partial charge in [-0.2, -0.15) is 0 Å². The Balaban J connectivity index is 1.11. The van der Waals surface area contributed by atoms with Gasteiger partial charge in [0.15, 0.2) is 0 Å². The molecule has 5 aromatic carbocycles. The first-order valence-electron chi connectivity index (χ1n) is 14.0. The average molecular weight is 571 g/mol. The smallest absolute Gasteiger partial charge is 0.0972 e. The summed E-state index contributed by atoms with van der Waals surface area (Å²) in [5, 5.41) is 10.1. The highest BCUT2D eigenvalue weighted by Crippen LogP contribution is 2.42. The van der Waals surface area contributed by atoms with E-state index in [1.165, 1.54) is 57.4 Å². The van der Waals surface area contributed by atoms with E-state index in [1.807, 2.05) is 23.6 Å². The van der Waals surface area contributed by atoms with Crippen LogP contribution in [0.5, 0.6) is 0 Å². The maximum absolute atomic E-state index is 5.06. The van der Waals surface area contributed by atoms with Crippen LogP contribution in [0.3, 0.4) is 0 Å². The van der Waals surface area contributed by atoms with Crippen LogP contribution in [0.1, 0.15) is 0 Å². The van der Waals surface area contributed by atoms with Crippen molar-refractivity contribution in [2.45, 2.75) is 0 Å². The van der Waals surface area contributed by atoms with E-state index in [1.54, 1.807) is 11.3 Å². The SMILES string of the molecule is c1cnc2c(c1)ccc1ccc(-c3ccc(-c4ccc(-c5ccc6c7ccccc7c7ccccc7c6c5)s4)s3)nc12. The molecular weight excluding hydrogens is 549 g/mol. The first kappa shape index (κ1) is 23.8. The lowest BCUT2D eigenvalue weighted by Crippen LogP contribution is -1.87. The molecule has 4 heterocycles. The number of nitrogens with zero attached hydrogens (tertiary/aromatic N) is 2. The molecule has 0 N–H and O–H groups in total. The lowest BCUT2D eigenvalue weighted by atomic mass is 9.93. The number of hydrogen-bond acceptors (Lipinski definition) is 4. The van der Waals surface area contributed by atoms with Gasteiger partial charge in [0.05, 0.1) is 21.6 Å². The summed E-state index contributed by atoms with van der Waals surface area (Å²) in [6.07, 6.45) is 1.84. The maximum Gasteiger partial charge on any atom is 0.0972 e. The number of rotatable bonds is 3. The molecule has 0 radical (unpaired) electrons. The number of thiophene rings is 2. The fourth-order valence-corrected chi connectivity index (χ4v) is 8.22. The van der Waals surface area contributed by atoms with Gasteiger partial charge in [-0.1, -0.05) is 84.9 Å². The fourth-order valence-electron chi connectivity index (χ4n) is 6.16. The average Bonchev–Trinajstić information content (AvgIpc) is 3.75. The molecule has 2 nitrogen and oxygen atoms in total. The van der Waals surface area contributed by atoms with Gasteiger partial charge in [0.2, 0.25) is 0 Å². The highest BCUT2D eigenvalue weighted by molar-refractivity contribution is 7.25. The lowest BCUT2D eigenvalue weighted by molar-refractivity contribution is 1.38. The van der Waals surface area contributed by atoms with Crippen molar-refractivity contribution < 1.29 is 0 Å². The molecule has 0 aliphatic rings. The third kappa shape index (κ3) is 3.69. The van der Waals surface area contributed by atoms with Crippen LogP contribution in [0, 0.1) is 0 Å². The molecule has 9 rings (SSSR count). The minimum Gasteiger partial charge on any atom is -0.254 e. The molecule has 0 saturated carbocycles. The standard InChI is InChI=1S/C38H22N2S2/c1-2-9-28-26(7-1)27-8-3-4-10-29(27)31-22-25(13-15-30(28)31)33-17-19-35(41-33)36-20-18-34(42-36)32-16-14-24-12-11-23-6-5-21-39-37(23)38(24)40-32/h1-22H. The first-order valence-corrected chi connectivity index (χ1v) is 15.6. The predicted octanol–water partition coefficient (Wildman–Crippen LogP) is 11.4. The molecule has 0 aliphatic heterocycles. The molecule has 0 aliphatic carbocycles. The first-order chi connectivity index (χ1) is 20.8. The van der Waals surface area contributed by atoms with Gasteiger partial charge >= 0.3 is 0 Å². The molecular formula is C38H22N2S2. The van der Waals surface area contributed by atoms with Gasteiger partial charge in [-0.15, -0.1) is 22.7 Å². The maximum atomic E-state index is 5.06. The normalized spacial score (nSPS) is 11.8. The zero-order chi connectivity index (χ0) is 27.6. The summed E-state index contributed by atoms with van der Waals surface area (Å²) in [5.41, 5.74) is 4.15. The van der Waals surface area contributed by atoms with Gasteiger partial charge in [0.25, 0.3) is 0 Å². The quantitative estimate of drug-likeness (QED) is 0.197. The number of aromatic nitrogens is 2. The number of benzene rings is 5. The van der Waals surface area contributed by atoms with Gasteiger partial charge < -0.3 is 0 Å². The summed E-state index contributed by atoms with van der Waals surface area (Å²) >= 11 is 3.64. The van der Waals surface area contributed by atoms with Crippen LogP contribution in [-0.2, 0) is 0 Å². The molecule has 42 heavy (non-hydrogen) atoms. The molecule has 0 fully saturated rings. The van der Waals surface area contributed by atoms with Gasteiger partial charge in [-0.05, 0) is 80.3 Å². The van der Waals surface area contributed by atoms with Crippen molar-refractivity contribution in [3.63, 3.8) is 0 Å². The molecule has 0 unspecified atom stereocenters. The predicted molar refractivity (Wildman–Crippen MR) is 182 cm³/mol. The summed E-state index contributed by atoms with van der Waals surface area (Å²) in [7, 11) is 0. The Kier molecular flexibility index (Phi) is 5.27. The Morgan fingerprint density at radius 2 is 0.976 bits per heavy atom. The second kappa shape index (κ2) is 9.31. The van der Waals surface area contributed by atoms with Gasteiger partial charge in [0, 0.05) is 31.6 Å². The van der Waals surface area contributed by atoms with Crippen molar-refractivity contribution in [1.29, 1.82) is 0 Å². The number of fused-ring (bicyclic) bond motifs is 9. The van der Waals surface area contributed by atoms with Crippen LogP contribution < -0.4 is 0 Å². The van der Waals surface area contributed by atoms with Gasteiger partial charge in [-0.25, -0.2) is 4.98 Å². The minimum atomic E-state index is 0.952. The summed E-state index contributed by atoms with van der Waals surface area (Å²) in [4.78, 5) is 14.7. The molecule has 0 amide bonds. The summed E-state index contributed by atoms with van der Waals surface area (Å²) < 4.78 is 0. The molecule has 0 spiro atoms. The second-order valence-corrected chi connectivity index (χ2v) is 12.8. The topological polar surface area (TPSA) is 25.8 Å². The van der Waals surface area contributed by atoms with E-state index in [4.69, 9.17) is 4.98 Å². The summed E-state index contributed by atoms with van der Waals surface area (Å²) in [5.74, 6) is 0. The van der Waals surface area contributed by atoms with E-state index in [0.29, 0.717) is 0 Å². The molecule has 0 atom stereocenters. The molecule has 0 saturated heterocycles. The summed E-state index contributed by atoms with van der Waals surface area (Å²) in [6, 6.07) is 46.0. The Hall–Kier alpha value is -4.90. The zero-order valence-corrected chi connectivity index (χ0v) is 24.0. The van der Waals surface area contributed by atoms with Crippen LogP contribution in [0.2, 0.25) is 0 Å². The number of hydrogen-bond donors (Lipinski definition) is 0. The van der Waals surface area contributed by atoms with Crippen LogP contribution in [-0.4, -0.2) is 9.97 Å². The molecule has 4 heteroatoms. The van der Waals surface area contributed by atoms with E-state index < -0.39 is 0 Å².